The van der Waals surface area contributed by atoms with Crippen LogP contribution < -0.4 is 5.32 Å². The number of benzene rings is 1. The molecule has 4 nitrogen and oxygen atoms in total. The van der Waals surface area contributed by atoms with Gasteiger partial charge in [-0.05, 0) is 17.7 Å². The maximum absolute atomic E-state index is 13.0. The van der Waals surface area contributed by atoms with Crippen LogP contribution in [0.2, 0.25) is 0 Å². The van der Waals surface area contributed by atoms with Crippen LogP contribution in [0.5, 0.6) is 0 Å². The minimum atomic E-state index is -0.227. The summed E-state index contributed by atoms with van der Waals surface area (Å²) in [4.78, 5) is 13.6. The van der Waals surface area contributed by atoms with Crippen molar-refractivity contribution in [2.24, 2.45) is 4.99 Å². The number of nitrogens with one attached hydrogen (secondary N) is 1. The van der Waals surface area contributed by atoms with Crippen LogP contribution in [0.15, 0.2) is 29.3 Å². The quantitative estimate of drug-likeness (QED) is 0.941. The Balaban J connectivity index is 1.93. The van der Waals surface area contributed by atoms with E-state index in [1.807, 2.05) is 13.3 Å². The van der Waals surface area contributed by atoms with Crippen molar-refractivity contribution in [1.29, 1.82) is 0 Å². The third-order valence-corrected chi connectivity index (χ3v) is 3.55. The Hall–Kier alpha value is -2.30. The predicted octanol–water partition coefficient (Wildman–Crippen LogP) is 2.42. The van der Waals surface area contributed by atoms with Crippen LogP contribution in [0.4, 0.5) is 10.2 Å². The number of aliphatic imine (C=N–C) groups is 1. The normalized spacial score (nSPS) is 13.6. The van der Waals surface area contributed by atoms with Gasteiger partial charge in [0.15, 0.2) is 0 Å². The van der Waals surface area contributed by atoms with Crippen LogP contribution >= 0.6 is 0 Å². The van der Waals surface area contributed by atoms with Crippen molar-refractivity contribution in [1.82, 2.24) is 9.97 Å². The van der Waals surface area contributed by atoms with E-state index >= 15 is 0 Å². The number of aromatic nitrogens is 2. The number of halogens is 1. The van der Waals surface area contributed by atoms with Gasteiger partial charge in [0.05, 0.1) is 5.69 Å². The maximum Gasteiger partial charge on any atom is 0.135 e. The third-order valence-electron chi connectivity index (χ3n) is 3.55. The lowest BCUT2D eigenvalue weighted by Gasteiger charge is -2.12. The van der Waals surface area contributed by atoms with Gasteiger partial charge in [-0.3, -0.25) is 4.99 Å². The second-order valence-corrected chi connectivity index (χ2v) is 5.01. The summed E-state index contributed by atoms with van der Waals surface area (Å²) < 4.78 is 13.0. The largest absolute Gasteiger partial charge is 0.373 e. The van der Waals surface area contributed by atoms with Crippen LogP contribution in [-0.4, -0.2) is 29.8 Å². The van der Waals surface area contributed by atoms with Gasteiger partial charge in [-0.25, -0.2) is 14.4 Å². The molecule has 1 aromatic carbocycles. The van der Waals surface area contributed by atoms with Gasteiger partial charge in [0.25, 0.3) is 0 Å². The van der Waals surface area contributed by atoms with Crippen molar-refractivity contribution in [3.8, 4) is 0 Å². The molecule has 0 saturated heterocycles. The molecule has 1 aliphatic rings. The number of rotatable bonds is 3. The third kappa shape index (κ3) is 3.07. The lowest BCUT2D eigenvalue weighted by atomic mass is 10.1. The first-order valence-corrected chi connectivity index (χ1v) is 7.05. The molecule has 5 heteroatoms. The van der Waals surface area contributed by atoms with Gasteiger partial charge < -0.3 is 5.32 Å². The van der Waals surface area contributed by atoms with Gasteiger partial charge in [0, 0.05) is 44.6 Å². The summed E-state index contributed by atoms with van der Waals surface area (Å²) in [6, 6.07) is 6.47. The Kier molecular flexibility index (Phi) is 3.90. The molecule has 0 spiro atoms. The first-order chi connectivity index (χ1) is 10.3. The van der Waals surface area contributed by atoms with Crippen molar-refractivity contribution in [3.63, 3.8) is 0 Å². The number of nitrogens with zero attached hydrogens (tertiary/aromatic N) is 3. The van der Waals surface area contributed by atoms with Gasteiger partial charge in [0.1, 0.15) is 17.5 Å². The summed E-state index contributed by atoms with van der Waals surface area (Å²) in [5.41, 5.74) is 3.19. The van der Waals surface area contributed by atoms with Gasteiger partial charge in [-0.2, -0.15) is 0 Å². The molecule has 2 heterocycles. The minimum Gasteiger partial charge on any atom is -0.373 e. The Morgan fingerprint density at radius 3 is 2.76 bits per heavy atom. The van der Waals surface area contributed by atoms with Gasteiger partial charge in [0.2, 0.25) is 0 Å². The molecule has 2 aromatic rings. The van der Waals surface area contributed by atoms with E-state index in [4.69, 9.17) is 0 Å². The fourth-order valence-electron chi connectivity index (χ4n) is 2.49. The Morgan fingerprint density at radius 1 is 1.19 bits per heavy atom. The molecule has 3 rings (SSSR count). The molecule has 0 bridgehead atoms. The van der Waals surface area contributed by atoms with E-state index in [2.05, 4.69) is 20.3 Å². The summed E-state index contributed by atoms with van der Waals surface area (Å²) >= 11 is 0. The molecule has 1 aromatic heterocycles. The summed E-state index contributed by atoms with van der Waals surface area (Å²) in [6.07, 6.45) is 4.13. The second-order valence-electron chi connectivity index (χ2n) is 5.01. The van der Waals surface area contributed by atoms with E-state index in [1.54, 1.807) is 12.1 Å². The van der Waals surface area contributed by atoms with Crippen molar-refractivity contribution < 1.29 is 4.39 Å². The van der Waals surface area contributed by atoms with Crippen molar-refractivity contribution >= 4 is 12.0 Å². The highest BCUT2D eigenvalue weighted by Gasteiger charge is 2.14. The monoisotopic (exact) mass is 284 g/mol. The molecule has 21 heavy (non-hydrogen) atoms. The number of fused-ring (bicyclic) bond motifs is 1. The maximum atomic E-state index is 13.0. The van der Waals surface area contributed by atoms with Crippen LogP contribution in [-0.2, 0) is 19.3 Å². The molecule has 108 valence electrons. The summed E-state index contributed by atoms with van der Waals surface area (Å²) in [7, 11) is 1.87. The van der Waals surface area contributed by atoms with Crippen LogP contribution in [0.25, 0.3) is 0 Å². The standard InChI is InChI=1S/C16H17FN4/c1-18-16-13-6-8-19-9-7-14(13)20-15(21-16)10-11-2-4-12(17)5-3-11/h2-5,8H,6-7,9-10H2,1H3,(H,18,20,21). The molecule has 1 aliphatic heterocycles. The zero-order valence-electron chi connectivity index (χ0n) is 11.9. The van der Waals surface area contributed by atoms with E-state index < -0.39 is 0 Å². The molecule has 1 N–H and O–H groups in total. The van der Waals surface area contributed by atoms with Gasteiger partial charge >= 0.3 is 0 Å². The Bertz CT molecular complexity index is 665. The second kappa shape index (κ2) is 5.99. The molecule has 0 radical (unpaired) electrons. The summed E-state index contributed by atoms with van der Waals surface area (Å²) in [5, 5.41) is 3.15. The first-order valence-electron chi connectivity index (χ1n) is 7.05. The predicted molar refractivity (Wildman–Crippen MR) is 81.6 cm³/mol. The zero-order valence-corrected chi connectivity index (χ0v) is 11.9. The number of hydrogen-bond donors (Lipinski definition) is 1. The lowest BCUT2D eigenvalue weighted by Crippen LogP contribution is -2.10. The van der Waals surface area contributed by atoms with E-state index in [-0.39, 0.29) is 5.82 Å². The number of anilines is 1. The highest BCUT2D eigenvalue weighted by molar-refractivity contribution is 5.67. The fraction of sp³-hybridized carbons (Fsp3) is 0.312. The Labute approximate surface area is 123 Å². The van der Waals surface area contributed by atoms with Crippen LogP contribution in [0.1, 0.15) is 22.6 Å². The molecule has 0 saturated carbocycles. The summed E-state index contributed by atoms with van der Waals surface area (Å²) in [6.45, 7) is 0.767. The highest BCUT2D eigenvalue weighted by Crippen LogP contribution is 2.20. The Morgan fingerprint density at radius 2 is 2.00 bits per heavy atom. The number of hydrogen-bond acceptors (Lipinski definition) is 4. The average molecular weight is 284 g/mol. The van der Waals surface area contributed by atoms with E-state index in [9.17, 15) is 4.39 Å². The van der Waals surface area contributed by atoms with Gasteiger partial charge in [-0.1, -0.05) is 12.1 Å². The van der Waals surface area contributed by atoms with E-state index in [0.29, 0.717) is 6.42 Å². The lowest BCUT2D eigenvalue weighted by molar-refractivity contribution is 0.627. The molecule has 0 aliphatic carbocycles. The minimum absolute atomic E-state index is 0.227. The van der Waals surface area contributed by atoms with Crippen LogP contribution in [0, 0.1) is 5.82 Å². The molecule has 0 amide bonds. The topological polar surface area (TPSA) is 50.2 Å². The van der Waals surface area contributed by atoms with Crippen molar-refractivity contribution in [2.75, 3.05) is 18.9 Å². The van der Waals surface area contributed by atoms with Crippen LogP contribution in [0.3, 0.4) is 0 Å². The van der Waals surface area contributed by atoms with E-state index in [0.717, 1.165) is 47.8 Å². The average Bonchev–Trinajstić information content (AvgIpc) is 2.74. The zero-order chi connectivity index (χ0) is 14.7. The smallest absolute Gasteiger partial charge is 0.135 e. The molecular weight excluding hydrogens is 267 g/mol. The van der Waals surface area contributed by atoms with Crippen molar-refractivity contribution in [3.05, 3.63) is 52.7 Å². The molecule has 0 unspecified atom stereocenters. The molecular formula is C16H17FN4. The summed E-state index contributed by atoms with van der Waals surface area (Å²) in [5.74, 6) is 1.40. The van der Waals surface area contributed by atoms with E-state index in [1.165, 1.54) is 12.1 Å². The molecule has 0 fully saturated rings. The SMILES string of the molecule is CNc1nc(Cc2ccc(F)cc2)nc2c1CC=NCC2. The van der Waals surface area contributed by atoms with Crippen molar-refractivity contribution in [2.45, 2.75) is 19.3 Å². The first kappa shape index (κ1) is 13.7. The fourth-order valence-corrected chi connectivity index (χ4v) is 2.49. The van der Waals surface area contributed by atoms with Gasteiger partial charge in [-0.15, -0.1) is 0 Å². The molecule has 0 atom stereocenters. The highest BCUT2D eigenvalue weighted by atomic mass is 19.1.